The molecule has 2 nitrogen and oxygen atoms in total. The van der Waals surface area contributed by atoms with E-state index in [2.05, 4.69) is 23.5 Å². The van der Waals surface area contributed by atoms with Gasteiger partial charge in [0.2, 0.25) is 0 Å². The van der Waals surface area contributed by atoms with Crippen LogP contribution in [0.15, 0.2) is 18.2 Å². The van der Waals surface area contributed by atoms with Crippen LogP contribution < -0.4 is 10.1 Å². The highest BCUT2D eigenvalue weighted by molar-refractivity contribution is 5.63. The fourth-order valence-electron chi connectivity index (χ4n) is 2.09. The molecule has 0 aromatic heterocycles. The minimum atomic E-state index is 0.824. The van der Waals surface area contributed by atoms with E-state index in [4.69, 9.17) is 4.74 Å². The van der Waals surface area contributed by atoms with Gasteiger partial charge in [0.15, 0.2) is 0 Å². The second-order valence-corrected chi connectivity index (χ2v) is 4.57. The normalized spacial score (nSPS) is 19.2. The van der Waals surface area contributed by atoms with Crippen molar-refractivity contribution >= 4 is 5.69 Å². The maximum absolute atomic E-state index is 5.87. The number of fused-ring (bicyclic) bond motifs is 1. The molecule has 80 valence electrons. The highest BCUT2D eigenvalue weighted by Gasteiger charge is 2.23. The van der Waals surface area contributed by atoms with Crippen LogP contribution in [0.3, 0.4) is 0 Å². The lowest BCUT2D eigenvalue weighted by Gasteiger charge is -2.21. The molecule has 0 spiro atoms. The Kier molecular flexibility index (Phi) is 2.28. The number of para-hydroxylation sites is 1. The van der Waals surface area contributed by atoms with E-state index in [9.17, 15) is 0 Å². The summed E-state index contributed by atoms with van der Waals surface area (Å²) in [5.74, 6) is 1.88. The summed E-state index contributed by atoms with van der Waals surface area (Å²) in [4.78, 5) is 0. The number of anilines is 1. The van der Waals surface area contributed by atoms with Crippen LogP contribution in [-0.4, -0.2) is 13.2 Å². The van der Waals surface area contributed by atoms with Crippen LogP contribution in [0.5, 0.6) is 5.75 Å². The quantitative estimate of drug-likeness (QED) is 0.815. The highest BCUT2D eigenvalue weighted by atomic mass is 16.5. The molecule has 15 heavy (non-hydrogen) atoms. The Morgan fingerprint density at radius 2 is 2.27 bits per heavy atom. The maximum atomic E-state index is 5.87. The minimum absolute atomic E-state index is 0.824. The first-order valence-electron chi connectivity index (χ1n) is 5.92. The molecule has 0 saturated heterocycles. The van der Waals surface area contributed by atoms with Crippen molar-refractivity contribution in [2.24, 2.45) is 5.92 Å². The maximum Gasteiger partial charge on any atom is 0.142 e. The minimum Gasteiger partial charge on any atom is -0.491 e. The van der Waals surface area contributed by atoms with Gasteiger partial charge in [-0.25, -0.2) is 0 Å². The summed E-state index contributed by atoms with van der Waals surface area (Å²) >= 11 is 0. The molecule has 0 radical (unpaired) electrons. The van der Waals surface area contributed by atoms with Gasteiger partial charge in [-0.2, -0.15) is 0 Å². The lowest BCUT2D eigenvalue weighted by molar-refractivity contribution is 0.300. The Morgan fingerprint density at radius 1 is 1.33 bits per heavy atom. The summed E-state index contributed by atoms with van der Waals surface area (Å²) in [5.41, 5.74) is 2.65. The summed E-state index contributed by atoms with van der Waals surface area (Å²) in [6, 6.07) is 6.39. The van der Waals surface area contributed by atoms with Gasteiger partial charge in [0, 0.05) is 6.54 Å². The third-order valence-electron chi connectivity index (χ3n) is 3.21. The molecule has 0 unspecified atom stereocenters. The van der Waals surface area contributed by atoms with Crippen molar-refractivity contribution in [1.82, 2.24) is 0 Å². The molecule has 3 rings (SSSR count). The predicted molar refractivity (Wildman–Crippen MR) is 61.5 cm³/mol. The van der Waals surface area contributed by atoms with Gasteiger partial charge in [0.1, 0.15) is 5.75 Å². The van der Waals surface area contributed by atoms with Crippen LogP contribution in [0, 0.1) is 5.92 Å². The first-order chi connectivity index (χ1) is 7.43. The molecule has 0 atom stereocenters. The van der Waals surface area contributed by atoms with Crippen molar-refractivity contribution in [3.8, 4) is 5.75 Å². The van der Waals surface area contributed by atoms with Gasteiger partial charge in [0.05, 0.1) is 12.3 Å². The van der Waals surface area contributed by atoms with Crippen LogP contribution in [0.1, 0.15) is 24.8 Å². The molecule has 1 saturated carbocycles. The number of hydrogen-bond acceptors (Lipinski definition) is 2. The zero-order chi connectivity index (χ0) is 10.1. The molecule has 0 bridgehead atoms. The van der Waals surface area contributed by atoms with E-state index in [1.54, 1.807) is 0 Å². The number of ether oxygens (including phenoxy) is 1. The van der Waals surface area contributed by atoms with Crippen molar-refractivity contribution in [2.45, 2.75) is 25.7 Å². The second kappa shape index (κ2) is 3.76. The zero-order valence-corrected chi connectivity index (χ0v) is 8.96. The molecule has 2 heteroatoms. The molecule has 1 fully saturated rings. The summed E-state index contributed by atoms with van der Waals surface area (Å²) < 4.78 is 5.87. The number of nitrogens with one attached hydrogen (secondary N) is 1. The Morgan fingerprint density at radius 3 is 3.13 bits per heavy atom. The summed E-state index contributed by atoms with van der Waals surface area (Å²) in [5, 5.41) is 3.45. The largest absolute Gasteiger partial charge is 0.491 e. The molecular weight excluding hydrogens is 186 g/mol. The van der Waals surface area contributed by atoms with E-state index in [1.807, 2.05) is 0 Å². The third kappa shape index (κ3) is 1.94. The molecule has 1 N–H and O–H groups in total. The van der Waals surface area contributed by atoms with Crippen LogP contribution in [0.2, 0.25) is 0 Å². The number of aryl methyl sites for hydroxylation is 1. The van der Waals surface area contributed by atoms with Crippen molar-refractivity contribution in [3.63, 3.8) is 0 Å². The summed E-state index contributed by atoms with van der Waals surface area (Å²) in [6.45, 7) is 1.98. The monoisotopic (exact) mass is 203 g/mol. The lowest BCUT2D eigenvalue weighted by atomic mass is 10.0. The molecule has 2 aliphatic rings. The second-order valence-electron chi connectivity index (χ2n) is 4.57. The fraction of sp³-hybridized carbons (Fsp3) is 0.538. The smallest absolute Gasteiger partial charge is 0.142 e. The standard InChI is InChI=1S/C13H17NO/c1-3-11-4-2-8-14-13(11)12(5-1)15-9-10-6-7-10/h1,3,5,10,14H,2,4,6-9H2. The van der Waals surface area contributed by atoms with E-state index in [1.165, 1.54) is 36.9 Å². The first-order valence-corrected chi connectivity index (χ1v) is 5.92. The molecule has 1 heterocycles. The van der Waals surface area contributed by atoms with E-state index in [-0.39, 0.29) is 0 Å². The van der Waals surface area contributed by atoms with Crippen LogP contribution in [-0.2, 0) is 6.42 Å². The van der Waals surface area contributed by atoms with Crippen molar-refractivity contribution in [2.75, 3.05) is 18.5 Å². The average molecular weight is 203 g/mol. The third-order valence-corrected chi connectivity index (χ3v) is 3.21. The molecule has 0 amide bonds. The van der Waals surface area contributed by atoms with E-state index >= 15 is 0 Å². The Bertz CT molecular complexity index is 358. The zero-order valence-electron chi connectivity index (χ0n) is 8.96. The van der Waals surface area contributed by atoms with Gasteiger partial charge in [-0.15, -0.1) is 0 Å². The Labute approximate surface area is 90.6 Å². The first kappa shape index (κ1) is 9.08. The summed E-state index contributed by atoms with van der Waals surface area (Å²) in [6.07, 6.45) is 5.12. The van der Waals surface area contributed by atoms with Crippen LogP contribution in [0.25, 0.3) is 0 Å². The van der Waals surface area contributed by atoms with Crippen LogP contribution >= 0.6 is 0 Å². The fourth-order valence-corrected chi connectivity index (χ4v) is 2.09. The van der Waals surface area contributed by atoms with Gasteiger partial charge in [-0.05, 0) is 43.2 Å². The molecular formula is C13H17NO. The van der Waals surface area contributed by atoms with E-state index < -0.39 is 0 Å². The van der Waals surface area contributed by atoms with Gasteiger partial charge in [-0.1, -0.05) is 12.1 Å². The van der Waals surface area contributed by atoms with E-state index in [0.29, 0.717) is 0 Å². The van der Waals surface area contributed by atoms with Gasteiger partial charge >= 0.3 is 0 Å². The number of rotatable bonds is 3. The van der Waals surface area contributed by atoms with Gasteiger partial charge in [-0.3, -0.25) is 0 Å². The SMILES string of the molecule is c1cc2c(c(OCC3CC3)c1)NCCC2. The highest BCUT2D eigenvalue weighted by Crippen LogP contribution is 2.34. The van der Waals surface area contributed by atoms with E-state index in [0.717, 1.165) is 24.8 Å². The van der Waals surface area contributed by atoms with Gasteiger partial charge in [0.25, 0.3) is 0 Å². The molecule has 1 aliphatic carbocycles. The number of benzene rings is 1. The Balaban J connectivity index is 1.79. The van der Waals surface area contributed by atoms with Crippen molar-refractivity contribution < 1.29 is 4.74 Å². The van der Waals surface area contributed by atoms with Crippen molar-refractivity contribution in [1.29, 1.82) is 0 Å². The molecule has 1 aromatic carbocycles. The Hall–Kier alpha value is -1.18. The van der Waals surface area contributed by atoms with Gasteiger partial charge < -0.3 is 10.1 Å². The molecule has 1 aliphatic heterocycles. The summed E-state index contributed by atoms with van der Waals surface area (Å²) in [7, 11) is 0. The number of hydrogen-bond donors (Lipinski definition) is 1. The molecule has 1 aromatic rings. The average Bonchev–Trinajstić information content (AvgIpc) is 3.10. The predicted octanol–water partition coefficient (Wildman–Crippen LogP) is 2.83. The van der Waals surface area contributed by atoms with Crippen LogP contribution in [0.4, 0.5) is 5.69 Å². The van der Waals surface area contributed by atoms with Crippen molar-refractivity contribution in [3.05, 3.63) is 23.8 Å². The topological polar surface area (TPSA) is 21.3 Å². The lowest BCUT2D eigenvalue weighted by Crippen LogP contribution is -2.13.